The average molecular weight is 712 g/mol. The van der Waals surface area contributed by atoms with Gasteiger partial charge in [-0.15, -0.1) is 0 Å². The number of aromatic nitrogens is 2. The topological polar surface area (TPSA) is 65.7 Å². The van der Waals surface area contributed by atoms with Crippen LogP contribution in [0.2, 0.25) is 10.0 Å². The Bertz CT molecular complexity index is 1890. The Hall–Kier alpha value is -3.40. The minimum Gasteiger partial charge on any atom is -0.496 e. The summed E-state index contributed by atoms with van der Waals surface area (Å²) in [6.45, 7) is 6.50. The number of hydrogen-bond acceptors (Lipinski definition) is 5. The number of methoxy groups -OCH3 is 1. The number of benzene rings is 4. The monoisotopic (exact) mass is 711 g/mol. The van der Waals surface area contributed by atoms with Crippen LogP contribution in [-0.4, -0.2) is 23.0 Å². The van der Waals surface area contributed by atoms with Crippen molar-refractivity contribution in [3.63, 3.8) is 0 Å². The smallest absolute Gasteiger partial charge is 0.282 e. The Balaban J connectivity index is 1.53. The van der Waals surface area contributed by atoms with Crippen LogP contribution in [0.3, 0.4) is 0 Å². The van der Waals surface area contributed by atoms with Crippen LogP contribution < -0.4 is 15.0 Å². The molecule has 4 aromatic carbocycles. The van der Waals surface area contributed by atoms with Crippen LogP contribution in [0.25, 0.3) is 22.3 Å². The van der Waals surface area contributed by atoms with E-state index in [1.807, 2.05) is 61.5 Å². The van der Waals surface area contributed by atoms with Gasteiger partial charge in [0, 0.05) is 21.2 Å². The number of hydrogen-bond donors (Lipinski definition) is 0. The molecule has 0 radical (unpaired) electrons. The van der Waals surface area contributed by atoms with Gasteiger partial charge in [-0.2, -0.15) is 9.78 Å². The molecule has 0 aliphatic carbocycles. The van der Waals surface area contributed by atoms with E-state index in [0.29, 0.717) is 39.1 Å². The predicted octanol–water partition coefficient (Wildman–Crippen LogP) is 8.88. The van der Waals surface area contributed by atoms with Crippen molar-refractivity contribution >= 4 is 62.9 Å². The summed E-state index contributed by atoms with van der Waals surface area (Å²) in [5, 5.41) is 6.28. The van der Waals surface area contributed by atoms with Gasteiger partial charge in [0.2, 0.25) is 0 Å². The third-order valence-electron chi connectivity index (χ3n) is 6.87. The minimum absolute atomic E-state index is 0.210. The highest BCUT2D eigenvalue weighted by molar-refractivity contribution is 14.1. The van der Waals surface area contributed by atoms with Gasteiger partial charge in [-0.25, -0.2) is 4.98 Å². The summed E-state index contributed by atoms with van der Waals surface area (Å²) in [5.41, 5.74) is 4.79. The largest absolute Gasteiger partial charge is 0.496 e. The number of nitrogens with zero attached hydrogens (tertiary/aromatic N) is 3. The lowest BCUT2D eigenvalue weighted by molar-refractivity contribution is 0.304. The van der Waals surface area contributed by atoms with Crippen molar-refractivity contribution in [2.75, 3.05) is 7.11 Å². The van der Waals surface area contributed by atoms with Gasteiger partial charge in [-0.1, -0.05) is 55.2 Å². The molecule has 0 spiro atoms. The standard InChI is InChI=1S/C33H28Cl2IN3O3/c1-19(2)25-16-26(20(3)13-31(25)41-4)32-38-29-8-6-5-7-24(29)33(40)39(32)37-17-21-9-12-30(28(36)14-21)42-18-22-10-11-23(34)15-27(22)35/h5-17,19H,18H2,1-4H3. The van der Waals surface area contributed by atoms with Crippen LogP contribution in [0.4, 0.5) is 0 Å². The Kier molecular flexibility index (Phi) is 9.20. The van der Waals surface area contributed by atoms with Crippen molar-refractivity contribution in [3.05, 3.63) is 119 Å². The number of rotatable bonds is 8. The third kappa shape index (κ3) is 6.33. The van der Waals surface area contributed by atoms with Crippen LogP contribution in [0.1, 0.15) is 42.0 Å². The average Bonchev–Trinajstić information content (AvgIpc) is 2.96. The quantitative estimate of drug-likeness (QED) is 0.119. The van der Waals surface area contributed by atoms with Gasteiger partial charge >= 0.3 is 0 Å². The zero-order valence-electron chi connectivity index (χ0n) is 23.5. The van der Waals surface area contributed by atoms with E-state index in [1.54, 1.807) is 31.5 Å². The van der Waals surface area contributed by atoms with Crippen LogP contribution in [0, 0.1) is 10.5 Å². The second kappa shape index (κ2) is 12.9. The lowest BCUT2D eigenvalue weighted by Gasteiger charge is -2.17. The van der Waals surface area contributed by atoms with E-state index >= 15 is 0 Å². The first-order valence-electron chi connectivity index (χ1n) is 13.3. The molecule has 0 unspecified atom stereocenters. The number of fused-ring (bicyclic) bond motifs is 1. The van der Waals surface area contributed by atoms with Crippen molar-refractivity contribution in [2.24, 2.45) is 5.10 Å². The second-order valence-corrected chi connectivity index (χ2v) is 12.1. The third-order valence-corrected chi connectivity index (χ3v) is 8.30. The molecule has 0 aliphatic rings. The van der Waals surface area contributed by atoms with Crippen LogP contribution in [0.15, 0.2) is 82.7 Å². The summed E-state index contributed by atoms with van der Waals surface area (Å²) in [7, 11) is 1.67. The van der Waals surface area contributed by atoms with Crippen molar-refractivity contribution in [2.45, 2.75) is 33.3 Å². The molecule has 0 aliphatic heterocycles. The maximum Gasteiger partial charge on any atom is 0.282 e. The molecule has 6 nitrogen and oxygen atoms in total. The molecule has 42 heavy (non-hydrogen) atoms. The molecule has 0 amide bonds. The van der Waals surface area contributed by atoms with Gasteiger partial charge in [-0.3, -0.25) is 4.79 Å². The maximum atomic E-state index is 13.7. The van der Waals surface area contributed by atoms with Gasteiger partial charge in [0.05, 0.1) is 27.8 Å². The predicted molar refractivity (Wildman–Crippen MR) is 180 cm³/mol. The Morgan fingerprint density at radius 2 is 1.81 bits per heavy atom. The molecule has 9 heteroatoms. The number of aryl methyl sites for hydroxylation is 1. The van der Waals surface area contributed by atoms with Gasteiger partial charge in [-0.05, 0) is 107 Å². The van der Waals surface area contributed by atoms with E-state index in [0.717, 1.165) is 37.1 Å². The van der Waals surface area contributed by atoms with Crippen LogP contribution >= 0.6 is 45.8 Å². The molecule has 0 N–H and O–H groups in total. The molecule has 214 valence electrons. The Labute approximate surface area is 268 Å². The number of halogens is 3. The fraction of sp³-hybridized carbons (Fsp3) is 0.182. The van der Waals surface area contributed by atoms with E-state index in [1.165, 1.54) is 4.68 Å². The normalized spacial score (nSPS) is 11.5. The lowest BCUT2D eigenvalue weighted by Crippen LogP contribution is -2.20. The highest BCUT2D eigenvalue weighted by Gasteiger charge is 2.18. The summed E-state index contributed by atoms with van der Waals surface area (Å²) >= 11 is 14.5. The summed E-state index contributed by atoms with van der Waals surface area (Å²) in [4.78, 5) is 18.6. The van der Waals surface area contributed by atoms with Crippen molar-refractivity contribution in [1.29, 1.82) is 0 Å². The molecule has 1 heterocycles. The lowest BCUT2D eigenvalue weighted by atomic mass is 9.96. The Morgan fingerprint density at radius 3 is 2.52 bits per heavy atom. The van der Waals surface area contributed by atoms with Crippen molar-refractivity contribution in [3.8, 4) is 22.9 Å². The number of ether oxygens (including phenoxy) is 2. The first-order chi connectivity index (χ1) is 20.2. The molecule has 0 saturated heterocycles. The molecule has 5 aromatic rings. The van der Waals surface area contributed by atoms with Crippen LogP contribution in [0.5, 0.6) is 11.5 Å². The fourth-order valence-corrected chi connectivity index (χ4v) is 5.76. The highest BCUT2D eigenvalue weighted by Crippen LogP contribution is 2.34. The van der Waals surface area contributed by atoms with Crippen molar-refractivity contribution in [1.82, 2.24) is 9.66 Å². The Morgan fingerprint density at radius 1 is 1.02 bits per heavy atom. The van der Waals surface area contributed by atoms with E-state index in [9.17, 15) is 4.79 Å². The van der Waals surface area contributed by atoms with Gasteiger partial charge < -0.3 is 9.47 Å². The van der Waals surface area contributed by atoms with Gasteiger partial charge in [0.1, 0.15) is 18.1 Å². The fourth-order valence-electron chi connectivity index (χ4n) is 4.61. The summed E-state index contributed by atoms with van der Waals surface area (Å²) in [5.74, 6) is 2.19. The zero-order valence-corrected chi connectivity index (χ0v) is 27.2. The number of para-hydroxylation sites is 1. The summed E-state index contributed by atoms with van der Waals surface area (Å²) in [6.07, 6.45) is 1.66. The van der Waals surface area contributed by atoms with E-state index in [-0.39, 0.29) is 11.5 Å². The molecular formula is C33H28Cl2IN3O3. The zero-order chi connectivity index (χ0) is 30.0. The minimum atomic E-state index is -0.248. The first kappa shape index (κ1) is 30.1. The highest BCUT2D eigenvalue weighted by atomic mass is 127. The summed E-state index contributed by atoms with van der Waals surface area (Å²) < 4.78 is 13.9. The van der Waals surface area contributed by atoms with E-state index in [2.05, 4.69) is 41.5 Å². The van der Waals surface area contributed by atoms with Gasteiger partial charge in [0.15, 0.2) is 5.82 Å². The second-order valence-electron chi connectivity index (χ2n) is 10.1. The molecule has 0 fully saturated rings. The molecule has 5 rings (SSSR count). The van der Waals surface area contributed by atoms with Crippen LogP contribution in [-0.2, 0) is 6.61 Å². The summed E-state index contributed by atoms with van der Waals surface area (Å²) in [6, 6.07) is 22.4. The molecule has 0 bridgehead atoms. The SMILES string of the molecule is COc1cc(C)c(-c2nc3ccccc3c(=O)n2N=Cc2ccc(OCc3ccc(Cl)cc3Cl)c(I)c2)cc1C(C)C. The molecule has 1 aromatic heterocycles. The first-order valence-corrected chi connectivity index (χ1v) is 15.1. The van der Waals surface area contributed by atoms with E-state index in [4.69, 9.17) is 37.7 Å². The molecular weight excluding hydrogens is 684 g/mol. The molecule has 0 saturated carbocycles. The molecule has 0 atom stereocenters. The maximum absolute atomic E-state index is 13.7. The van der Waals surface area contributed by atoms with E-state index < -0.39 is 0 Å². The van der Waals surface area contributed by atoms with Crippen molar-refractivity contribution < 1.29 is 9.47 Å². The van der Waals surface area contributed by atoms with Gasteiger partial charge in [0.25, 0.3) is 5.56 Å².